The highest BCUT2D eigenvalue weighted by Gasteiger charge is 2.36. The first-order valence-electron chi connectivity index (χ1n) is 5.88. The van der Waals surface area contributed by atoms with Gasteiger partial charge in [0.15, 0.2) is 0 Å². The lowest BCUT2D eigenvalue weighted by Crippen LogP contribution is -2.35. The summed E-state index contributed by atoms with van der Waals surface area (Å²) >= 11 is 4.56. The molecule has 0 aliphatic carbocycles. The summed E-state index contributed by atoms with van der Waals surface area (Å²) in [5.74, 6) is 0. The Morgan fingerprint density at radius 3 is 2.68 bits per heavy atom. The summed E-state index contributed by atoms with van der Waals surface area (Å²) in [6.07, 6.45) is 0.766. The molecule has 0 saturated carbocycles. The second-order valence-electron chi connectivity index (χ2n) is 4.54. The van der Waals surface area contributed by atoms with Crippen LogP contribution in [-0.4, -0.2) is 14.5 Å². The summed E-state index contributed by atoms with van der Waals surface area (Å²) in [7, 11) is -3.46. The van der Waals surface area contributed by atoms with E-state index in [1.54, 1.807) is 16.4 Å². The molecule has 1 aliphatic heterocycles. The van der Waals surface area contributed by atoms with Gasteiger partial charge in [-0.2, -0.15) is 0 Å². The maximum Gasteiger partial charge on any atom is 0.274 e. The van der Waals surface area contributed by atoms with Gasteiger partial charge in [-0.15, -0.1) is 11.3 Å². The first-order chi connectivity index (χ1) is 9.00. The molecule has 1 atom stereocenters. The van der Waals surface area contributed by atoms with Gasteiger partial charge < -0.3 is 0 Å². The van der Waals surface area contributed by atoms with Crippen molar-refractivity contribution in [2.24, 2.45) is 0 Å². The number of rotatable bonds is 2. The van der Waals surface area contributed by atoms with Crippen molar-refractivity contribution < 1.29 is 8.42 Å². The van der Waals surface area contributed by atoms with Gasteiger partial charge >= 0.3 is 0 Å². The predicted molar refractivity (Wildman–Crippen MR) is 81.3 cm³/mol. The Hall–Kier alpha value is -0.850. The largest absolute Gasteiger partial charge is 0.274 e. The molecule has 0 spiro atoms. The molecule has 1 aromatic heterocycles. The van der Waals surface area contributed by atoms with E-state index in [1.807, 2.05) is 31.2 Å². The lowest BCUT2D eigenvalue weighted by molar-refractivity contribution is 0.586. The third-order valence-electron chi connectivity index (χ3n) is 3.21. The molecule has 1 aromatic carbocycles. The molecular weight excluding hydrogens is 346 g/mol. The number of hydrogen-bond donors (Lipinski definition) is 0. The van der Waals surface area contributed by atoms with Crippen LogP contribution in [0.5, 0.6) is 0 Å². The van der Waals surface area contributed by atoms with Crippen LogP contribution in [0.4, 0.5) is 5.69 Å². The van der Waals surface area contributed by atoms with Gasteiger partial charge in [-0.3, -0.25) is 4.31 Å². The molecule has 0 N–H and O–H groups in total. The number of halogens is 1. The quantitative estimate of drug-likeness (QED) is 0.822. The van der Waals surface area contributed by atoms with Crippen molar-refractivity contribution in [1.29, 1.82) is 0 Å². The summed E-state index contributed by atoms with van der Waals surface area (Å²) in [5.41, 5.74) is 1.90. The number of nitrogens with zero attached hydrogens (tertiary/aromatic N) is 1. The number of para-hydroxylation sites is 1. The van der Waals surface area contributed by atoms with Crippen LogP contribution in [0.25, 0.3) is 0 Å². The Kier molecular flexibility index (Phi) is 3.19. The van der Waals surface area contributed by atoms with Crippen LogP contribution in [0.3, 0.4) is 0 Å². The van der Waals surface area contributed by atoms with Gasteiger partial charge in [0.1, 0.15) is 4.21 Å². The minimum absolute atomic E-state index is 0.0386. The van der Waals surface area contributed by atoms with Crippen molar-refractivity contribution in [2.75, 3.05) is 4.31 Å². The first-order valence-corrected chi connectivity index (χ1v) is 8.93. The molecule has 0 fully saturated rings. The molecule has 6 heteroatoms. The van der Waals surface area contributed by atoms with E-state index in [1.165, 1.54) is 11.3 Å². The fourth-order valence-electron chi connectivity index (χ4n) is 2.44. The van der Waals surface area contributed by atoms with E-state index in [4.69, 9.17) is 0 Å². The number of thiophene rings is 1. The van der Waals surface area contributed by atoms with Gasteiger partial charge in [-0.25, -0.2) is 8.42 Å². The molecule has 2 heterocycles. The Balaban J connectivity index is 2.12. The lowest BCUT2D eigenvalue weighted by Gasteiger charge is -2.23. The van der Waals surface area contributed by atoms with Gasteiger partial charge in [-0.1, -0.05) is 18.2 Å². The van der Waals surface area contributed by atoms with Crippen LogP contribution in [0.15, 0.2) is 44.4 Å². The highest BCUT2D eigenvalue weighted by molar-refractivity contribution is 9.11. The van der Waals surface area contributed by atoms with E-state index in [2.05, 4.69) is 15.9 Å². The fraction of sp³-hybridized carbons (Fsp3) is 0.231. The zero-order valence-electron chi connectivity index (χ0n) is 10.2. The zero-order valence-corrected chi connectivity index (χ0v) is 13.4. The molecule has 3 rings (SSSR count). The number of hydrogen-bond acceptors (Lipinski definition) is 3. The third-order valence-corrected chi connectivity index (χ3v) is 7.23. The summed E-state index contributed by atoms with van der Waals surface area (Å²) in [5, 5.41) is 0. The minimum Gasteiger partial charge on any atom is -0.262 e. The van der Waals surface area contributed by atoms with Crippen LogP contribution in [0, 0.1) is 0 Å². The van der Waals surface area contributed by atoms with Crippen LogP contribution < -0.4 is 4.31 Å². The average Bonchev–Trinajstić information content (AvgIpc) is 2.92. The van der Waals surface area contributed by atoms with Gasteiger partial charge in [0, 0.05) is 6.04 Å². The molecule has 3 nitrogen and oxygen atoms in total. The molecule has 19 heavy (non-hydrogen) atoms. The molecule has 0 radical (unpaired) electrons. The van der Waals surface area contributed by atoms with Crippen LogP contribution in [0.1, 0.15) is 12.5 Å². The summed E-state index contributed by atoms with van der Waals surface area (Å²) < 4.78 is 28.2. The molecule has 0 saturated heterocycles. The highest BCUT2D eigenvalue weighted by atomic mass is 79.9. The standard InChI is InChI=1S/C13H12BrNO2S2/c1-9-8-10-4-2-3-5-11(10)15(9)19(16,17)13-7-6-12(14)18-13/h2-7,9H,8H2,1H3. The number of anilines is 1. The zero-order chi connectivity index (χ0) is 13.6. The average molecular weight is 358 g/mol. The monoisotopic (exact) mass is 357 g/mol. The Morgan fingerprint density at radius 2 is 2.00 bits per heavy atom. The summed E-state index contributed by atoms with van der Waals surface area (Å²) in [4.78, 5) is 0. The molecule has 0 bridgehead atoms. The number of fused-ring (bicyclic) bond motifs is 1. The molecular formula is C13H12BrNO2S2. The second kappa shape index (κ2) is 4.61. The lowest BCUT2D eigenvalue weighted by atomic mass is 10.1. The van der Waals surface area contributed by atoms with Gasteiger partial charge in [0.25, 0.3) is 10.0 Å². The maximum absolute atomic E-state index is 12.7. The molecule has 0 amide bonds. The van der Waals surface area contributed by atoms with Crippen LogP contribution in [0.2, 0.25) is 0 Å². The van der Waals surface area contributed by atoms with E-state index in [0.717, 1.165) is 21.5 Å². The van der Waals surface area contributed by atoms with E-state index in [-0.39, 0.29) is 6.04 Å². The molecule has 2 aromatic rings. The SMILES string of the molecule is CC1Cc2ccccc2N1S(=O)(=O)c1ccc(Br)s1. The normalized spacial score (nSPS) is 18.6. The number of sulfonamides is 1. The van der Waals surface area contributed by atoms with Crippen molar-refractivity contribution in [3.63, 3.8) is 0 Å². The van der Waals surface area contributed by atoms with Crippen LogP contribution in [-0.2, 0) is 16.4 Å². The van der Waals surface area contributed by atoms with E-state index in [0.29, 0.717) is 4.21 Å². The van der Waals surface area contributed by atoms with Gasteiger partial charge in [0.2, 0.25) is 0 Å². The summed E-state index contributed by atoms with van der Waals surface area (Å²) in [6.45, 7) is 1.94. The van der Waals surface area contributed by atoms with Crippen molar-refractivity contribution in [3.8, 4) is 0 Å². The second-order valence-corrected chi connectivity index (χ2v) is 9.05. The Bertz CT molecular complexity index is 724. The third kappa shape index (κ3) is 2.11. The first kappa shape index (κ1) is 13.1. The van der Waals surface area contributed by atoms with Crippen molar-refractivity contribution in [1.82, 2.24) is 0 Å². The smallest absolute Gasteiger partial charge is 0.262 e. The van der Waals surface area contributed by atoms with Gasteiger partial charge in [0.05, 0.1) is 9.47 Å². The number of benzene rings is 1. The molecule has 1 aliphatic rings. The molecule has 1 unspecified atom stereocenters. The Labute approximate surface area is 125 Å². The fourth-order valence-corrected chi connectivity index (χ4v) is 6.23. The van der Waals surface area contributed by atoms with E-state index < -0.39 is 10.0 Å². The minimum atomic E-state index is -3.46. The van der Waals surface area contributed by atoms with Crippen molar-refractivity contribution in [2.45, 2.75) is 23.6 Å². The van der Waals surface area contributed by atoms with E-state index in [9.17, 15) is 8.42 Å². The Morgan fingerprint density at radius 1 is 1.26 bits per heavy atom. The van der Waals surface area contributed by atoms with Crippen molar-refractivity contribution in [3.05, 3.63) is 45.7 Å². The van der Waals surface area contributed by atoms with Crippen molar-refractivity contribution >= 4 is 43.0 Å². The predicted octanol–water partition coefficient (Wildman–Crippen LogP) is 3.65. The highest BCUT2D eigenvalue weighted by Crippen LogP contribution is 2.38. The topological polar surface area (TPSA) is 37.4 Å². The molecule has 100 valence electrons. The van der Waals surface area contributed by atoms with E-state index >= 15 is 0 Å². The van der Waals surface area contributed by atoms with Crippen LogP contribution >= 0.6 is 27.3 Å². The maximum atomic E-state index is 12.7. The van der Waals surface area contributed by atoms with Gasteiger partial charge in [-0.05, 0) is 53.0 Å². The summed E-state index contributed by atoms with van der Waals surface area (Å²) in [6, 6.07) is 11.1.